The highest BCUT2D eigenvalue weighted by Gasteiger charge is 2.06. The first-order chi connectivity index (χ1) is 9.40. The number of hydrogen-bond donors (Lipinski definition) is 1. The zero-order valence-corrected chi connectivity index (χ0v) is 14.2. The molecule has 0 saturated heterocycles. The van der Waals surface area contributed by atoms with Crippen molar-refractivity contribution in [3.63, 3.8) is 0 Å². The summed E-state index contributed by atoms with van der Waals surface area (Å²) in [5, 5.41) is 3.20. The molecular formula is C13H13Br2N3O2. The Morgan fingerprint density at radius 1 is 1.10 bits per heavy atom. The molecule has 0 unspecified atom stereocenters. The molecule has 0 fully saturated rings. The van der Waals surface area contributed by atoms with Crippen LogP contribution in [0, 0.1) is 0 Å². The topological polar surface area (TPSA) is 56.0 Å². The fourth-order valence-corrected chi connectivity index (χ4v) is 2.95. The summed E-state index contributed by atoms with van der Waals surface area (Å²) < 4.78 is 4.41. The first-order valence-corrected chi connectivity index (χ1v) is 7.43. The van der Waals surface area contributed by atoms with E-state index in [0.717, 1.165) is 19.2 Å². The van der Waals surface area contributed by atoms with E-state index in [2.05, 4.69) is 37.2 Å². The van der Waals surface area contributed by atoms with Crippen LogP contribution in [-0.2, 0) is 20.6 Å². The summed E-state index contributed by atoms with van der Waals surface area (Å²) in [6.07, 6.45) is 0. The lowest BCUT2D eigenvalue weighted by molar-refractivity contribution is 0.655. The molecular weight excluding hydrogens is 390 g/mol. The van der Waals surface area contributed by atoms with E-state index in [-0.39, 0.29) is 11.2 Å². The van der Waals surface area contributed by atoms with E-state index < -0.39 is 0 Å². The summed E-state index contributed by atoms with van der Waals surface area (Å²) >= 11 is 6.84. The summed E-state index contributed by atoms with van der Waals surface area (Å²) in [4.78, 5) is 23.5. The van der Waals surface area contributed by atoms with Crippen molar-refractivity contribution in [1.82, 2.24) is 9.13 Å². The molecule has 2 rings (SSSR count). The van der Waals surface area contributed by atoms with Crippen LogP contribution in [0.2, 0.25) is 0 Å². The number of hydrogen-bond acceptors (Lipinski definition) is 3. The maximum Gasteiger partial charge on any atom is 0.330 e. The molecule has 0 aliphatic heterocycles. The second-order valence-electron chi connectivity index (χ2n) is 4.35. The highest BCUT2D eigenvalue weighted by molar-refractivity contribution is 9.11. The molecule has 2 aromatic rings. The third-order valence-electron chi connectivity index (χ3n) is 3.02. The molecule has 1 aromatic carbocycles. The van der Waals surface area contributed by atoms with Crippen LogP contribution in [0.3, 0.4) is 0 Å². The lowest BCUT2D eigenvalue weighted by Crippen LogP contribution is -2.38. The van der Waals surface area contributed by atoms with Crippen LogP contribution in [-0.4, -0.2) is 9.13 Å². The smallest absolute Gasteiger partial charge is 0.330 e. The number of anilines is 1. The van der Waals surface area contributed by atoms with Crippen molar-refractivity contribution in [3.05, 3.63) is 59.7 Å². The number of nitrogens with zero attached hydrogens (tertiary/aromatic N) is 2. The van der Waals surface area contributed by atoms with Crippen LogP contribution in [0.15, 0.2) is 42.8 Å². The fraction of sp³-hybridized carbons (Fsp3) is 0.231. The second kappa shape index (κ2) is 5.97. The van der Waals surface area contributed by atoms with Gasteiger partial charge in [0.2, 0.25) is 0 Å². The Hall–Kier alpha value is -1.34. The number of halogens is 2. The minimum atomic E-state index is -0.329. The Morgan fingerprint density at radius 3 is 2.45 bits per heavy atom. The summed E-state index contributed by atoms with van der Waals surface area (Å²) in [6, 6.07) is 7.20. The molecule has 1 heterocycles. The number of aromatic nitrogens is 2. The van der Waals surface area contributed by atoms with E-state index in [1.165, 1.54) is 17.7 Å². The second-order valence-corrected chi connectivity index (χ2v) is 6.12. The summed E-state index contributed by atoms with van der Waals surface area (Å²) in [5.41, 5.74) is 0.887. The van der Waals surface area contributed by atoms with Crippen LogP contribution in [0.25, 0.3) is 0 Å². The highest BCUT2D eigenvalue weighted by Crippen LogP contribution is 2.26. The quantitative estimate of drug-likeness (QED) is 0.856. The molecule has 0 atom stereocenters. The minimum absolute atomic E-state index is 0.306. The average Bonchev–Trinajstić information content (AvgIpc) is 2.40. The molecule has 0 radical (unpaired) electrons. The first-order valence-electron chi connectivity index (χ1n) is 5.85. The molecule has 0 aliphatic carbocycles. The van der Waals surface area contributed by atoms with Gasteiger partial charge >= 0.3 is 5.69 Å². The lowest BCUT2D eigenvalue weighted by atomic mass is 10.3. The summed E-state index contributed by atoms with van der Waals surface area (Å²) in [6.45, 7) is 0.391. The Morgan fingerprint density at radius 2 is 1.80 bits per heavy atom. The molecule has 0 bridgehead atoms. The molecule has 1 aromatic heterocycles. The van der Waals surface area contributed by atoms with Gasteiger partial charge in [0.1, 0.15) is 0 Å². The van der Waals surface area contributed by atoms with Crippen molar-refractivity contribution < 1.29 is 0 Å². The summed E-state index contributed by atoms with van der Waals surface area (Å²) in [5.74, 6) is 0. The predicted molar refractivity (Wildman–Crippen MR) is 86.1 cm³/mol. The zero-order chi connectivity index (χ0) is 14.9. The van der Waals surface area contributed by atoms with Gasteiger partial charge in [-0.2, -0.15) is 0 Å². The van der Waals surface area contributed by atoms with Gasteiger partial charge in [-0.3, -0.25) is 13.9 Å². The van der Waals surface area contributed by atoms with Gasteiger partial charge in [0.25, 0.3) is 5.56 Å². The van der Waals surface area contributed by atoms with Gasteiger partial charge in [-0.05, 0) is 34.1 Å². The van der Waals surface area contributed by atoms with Gasteiger partial charge in [-0.1, -0.05) is 15.9 Å². The molecule has 106 valence electrons. The highest BCUT2D eigenvalue weighted by atomic mass is 79.9. The average molecular weight is 403 g/mol. The number of rotatable bonds is 3. The number of benzene rings is 1. The van der Waals surface area contributed by atoms with Crippen LogP contribution in [0.1, 0.15) is 5.69 Å². The SMILES string of the molecule is Cn1c(CNc2ccc(Br)cc2Br)cc(=O)n(C)c1=O. The van der Waals surface area contributed by atoms with Gasteiger partial charge in [0.15, 0.2) is 0 Å². The van der Waals surface area contributed by atoms with E-state index in [1.807, 2.05) is 18.2 Å². The van der Waals surface area contributed by atoms with E-state index in [9.17, 15) is 9.59 Å². The fourth-order valence-electron chi connectivity index (χ4n) is 1.77. The Bertz CT molecular complexity index is 765. The van der Waals surface area contributed by atoms with Crippen molar-refractivity contribution in [2.75, 3.05) is 5.32 Å². The lowest BCUT2D eigenvalue weighted by Gasteiger charge is -2.12. The third-order valence-corrected chi connectivity index (χ3v) is 4.17. The Balaban J connectivity index is 2.28. The first kappa shape index (κ1) is 15.1. The molecule has 0 spiro atoms. The van der Waals surface area contributed by atoms with Crippen LogP contribution in [0.5, 0.6) is 0 Å². The van der Waals surface area contributed by atoms with Crippen molar-refractivity contribution in [2.45, 2.75) is 6.54 Å². The van der Waals surface area contributed by atoms with Crippen molar-refractivity contribution in [1.29, 1.82) is 0 Å². The molecule has 20 heavy (non-hydrogen) atoms. The van der Waals surface area contributed by atoms with E-state index >= 15 is 0 Å². The zero-order valence-electron chi connectivity index (χ0n) is 11.0. The maximum atomic E-state index is 11.8. The maximum absolute atomic E-state index is 11.8. The van der Waals surface area contributed by atoms with Gasteiger partial charge < -0.3 is 5.32 Å². The van der Waals surface area contributed by atoms with Crippen molar-refractivity contribution >= 4 is 37.5 Å². The molecule has 1 N–H and O–H groups in total. The van der Waals surface area contributed by atoms with E-state index in [4.69, 9.17) is 0 Å². The van der Waals surface area contributed by atoms with Gasteiger partial charge in [-0.25, -0.2) is 4.79 Å². The van der Waals surface area contributed by atoms with Gasteiger partial charge in [0, 0.05) is 40.5 Å². The van der Waals surface area contributed by atoms with Crippen LogP contribution in [0.4, 0.5) is 5.69 Å². The Labute approximate surface area is 132 Å². The summed E-state index contributed by atoms with van der Waals surface area (Å²) in [7, 11) is 3.11. The molecule has 7 heteroatoms. The van der Waals surface area contributed by atoms with Crippen LogP contribution < -0.4 is 16.6 Å². The van der Waals surface area contributed by atoms with Crippen molar-refractivity contribution in [3.8, 4) is 0 Å². The van der Waals surface area contributed by atoms with E-state index in [1.54, 1.807) is 7.05 Å². The van der Waals surface area contributed by atoms with Crippen LogP contribution >= 0.6 is 31.9 Å². The van der Waals surface area contributed by atoms with Gasteiger partial charge in [0.05, 0.1) is 6.54 Å². The minimum Gasteiger partial charge on any atom is -0.379 e. The van der Waals surface area contributed by atoms with Crippen molar-refractivity contribution in [2.24, 2.45) is 14.1 Å². The molecule has 5 nitrogen and oxygen atoms in total. The predicted octanol–water partition coefficient (Wildman–Crippen LogP) is 2.22. The molecule has 0 aliphatic rings. The Kier molecular flexibility index (Phi) is 4.49. The third kappa shape index (κ3) is 3.04. The molecule has 0 amide bonds. The molecule has 0 saturated carbocycles. The largest absolute Gasteiger partial charge is 0.379 e. The van der Waals surface area contributed by atoms with E-state index in [0.29, 0.717) is 12.2 Å². The van der Waals surface area contributed by atoms with Gasteiger partial charge in [-0.15, -0.1) is 0 Å². The standard InChI is InChI=1S/C13H13Br2N3O2/c1-17-9(6-12(19)18(2)13(17)20)7-16-11-4-3-8(14)5-10(11)15/h3-6,16H,7H2,1-2H3. The monoisotopic (exact) mass is 401 g/mol. The normalized spacial score (nSPS) is 10.6. The number of nitrogens with one attached hydrogen (secondary N) is 1.